The Bertz CT molecular complexity index is 307. The van der Waals surface area contributed by atoms with Crippen LogP contribution >= 0.6 is 11.8 Å². The molecule has 0 saturated heterocycles. The van der Waals surface area contributed by atoms with Gasteiger partial charge >= 0.3 is 18.1 Å². The summed E-state index contributed by atoms with van der Waals surface area (Å²) < 4.78 is 66.3. The Kier molecular flexibility index (Phi) is 9.24. The highest BCUT2D eigenvalue weighted by molar-refractivity contribution is 8.00. The Morgan fingerprint density at radius 2 is 1.76 bits per heavy atom. The first-order chi connectivity index (χ1) is 9.65. The van der Waals surface area contributed by atoms with Crippen LogP contribution in [0.1, 0.15) is 46.0 Å². The van der Waals surface area contributed by atoms with Crippen molar-refractivity contribution in [2.45, 2.75) is 63.3 Å². The lowest BCUT2D eigenvalue weighted by Gasteiger charge is -2.20. The molecule has 0 aliphatic rings. The van der Waals surface area contributed by atoms with Crippen LogP contribution in [0.5, 0.6) is 0 Å². The highest BCUT2D eigenvalue weighted by atomic mass is 32.2. The number of ether oxygens (including phenoxy) is 1. The molecule has 0 aliphatic heterocycles. The van der Waals surface area contributed by atoms with Gasteiger partial charge in [-0.2, -0.15) is 22.0 Å². The summed E-state index contributed by atoms with van der Waals surface area (Å²) in [6, 6.07) is 0. The molecule has 0 saturated carbocycles. The van der Waals surface area contributed by atoms with Gasteiger partial charge < -0.3 is 4.74 Å². The van der Waals surface area contributed by atoms with Gasteiger partial charge in [0.25, 0.3) is 0 Å². The van der Waals surface area contributed by atoms with Gasteiger partial charge in [0.15, 0.2) is 0 Å². The van der Waals surface area contributed by atoms with Crippen LogP contribution in [-0.2, 0) is 9.53 Å². The SMILES string of the molecule is CCCOC(=O)C(CCC)SCCCC(F)(F)C(F)(F)F. The molecular weight excluding hydrogens is 315 g/mol. The molecule has 0 bridgehead atoms. The van der Waals surface area contributed by atoms with Crippen LogP contribution in [0.25, 0.3) is 0 Å². The van der Waals surface area contributed by atoms with E-state index in [1.807, 2.05) is 13.8 Å². The number of esters is 1. The molecule has 0 heterocycles. The molecule has 21 heavy (non-hydrogen) atoms. The summed E-state index contributed by atoms with van der Waals surface area (Å²) in [5, 5.41) is -0.499. The number of carbonyl (C=O) groups is 1. The quantitative estimate of drug-likeness (QED) is 0.325. The molecule has 0 aromatic heterocycles. The number of hydrogen-bond acceptors (Lipinski definition) is 3. The van der Waals surface area contributed by atoms with Gasteiger partial charge in [-0.25, -0.2) is 0 Å². The normalized spacial score (nSPS) is 14.0. The molecular formula is C13H21F5O2S. The summed E-state index contributed by atoms with van der Waals surface area (Å²) in [5.41, 5.74) is 0. The Hall–Kier alpha value is -0.530. The number of alkyl halides is 5. The molecule has 0 spiro atoms. The first-order valence-corrected chi connectivity index (χ1v) is 7.93. The number of thioether (sulfide) groups is 1. The maximum atomic E-state index is 12.7. The second-order valence-electron chi connectivity index (χ2n) is 4.62. The van der Waals surface area contributed by atoms with Crippen LogP contribution in [0.4, 0.5) is 22.0 Å². The van der Waals surface area contributed by atoms with E-state index >= 15 is 0 Å². The first kappa shape index (κ1) is 20.5. The third-order valence-corrected chi connectivity index (χ3v) is 3.99. The summed E-state index contributed by atoms with van der Waals surface area (Å²) in [5.74, 6) is -5.03. The molecule has 126 valence electrons. The van der Waals surface area contributed by atoms with E-state index in [9.17, 15) is 26.7 Å². The van der Waals surface area contributed by atoms with Crippen molar-refractivity contribution >= 4 is 17.7 Å². The molecule has 0 rings (SSSR count). The average molecular weight is 336 g/mol. The molecule has 1 atom stereocenters. The average Bonchev–Trinajstić information content (AvgIpc) is 2.38. The van der Waals surface area contributed by atoms with Gasteiger partial charge in [-0.1, -0.05) is 20.3 Å². The summed E-state index contributed by atoms with van der Waals surface area (Å²) in [6.45, 7) is 3.98. The Labute approximate surface area is 125 Å². The van der Waals surface area contributed by atoms with Crippen LogP contribution in [-0.4, -0.2) is 35.7 Å². The lowest BCUT2D eigenvalue weighted by Crippen LogP contribution is -2.36. The van der Waals surface area contributed by atoms with E-state index in [0.717, 1.165) is 11.8 Å². The highest BCUT2D eigenvalue weighted by Crippen LogP contribution is 2.39. The van der Waals surface area contributed by atoms with Crippen LogP contribution < -0.4 is 0 Å². The van der Waals surface area contributed by atoms with Crippen LogP contribution in [0.2, 0.25) is 0 Å². The minimum Gasteiger partial charge on any atom is -0.465 e. The second-order valence-corrected chi connectivity index (χ2v) is 5.93. The maximum absolute atomic E-state index is 12.7. The topological polar surface area (TPSA) is 26.3 Å². The summed E-state index contributed by atoms with van der Waals surface area (Å²) in [4.78, 5) is 11.7. The Balaban J connectivity index is 4.18. The van der Waals surface area contributed by atoms with E-state index in [2.05, 4.69) is 0 Å². The van der Waals surface area contributed by atoms with Crippen molar-refractivity contribution in [2.24, 2.45) is 0 Å². The fourth-order valence-corrected chi connectivity index (χ4v) is 2.69. The van der Waals surface area contributed by atoms with E-state index in [-0.39, 0.29) is 18.8 Å². The molecule has 1 unspecified atom stereocenters. The van der Waals surface area contributed by atoms with Gasteiger partial charge in [-0.15, -0.1) is 11.8 Å². The van der Waals surface area contributed by atoms with Crippen molar-refractivity contribution in [3.05, 3.63) is 0 Å². The number of hydrogen-bond donors (Lipinski definition) is 0. The predicted octanol–water partition coefficient (Wildman–Crippen LogP) is 4.82. The first-order valence-electron chi connectivity index (χ1n) is 6.88. The van der Waals surface area contributed by atoms with E-state index in [1.54, 1.807) is 0 Å². The largest absolute Gasteiger partial charge is 0.465 e. The van der Waals surface area contributed by atoms with Gasteiger partial charge in [-0.3, -0.25) is 4.79 Å². The standard InChI is InChI=1S/C13H21F5O2S/c1-3-6-10(11(19)20-8-4-2)21-9-5-7-12(14,15)13(16,17)18/h10H,3-9H2,1-2H3. The van der Waals surface area contributed by atoms with Crippen molar-refractivity contribution < 1.29 is 31.5 Å². The zero-order valence-electron chi connectivity index (χ0n) is 12.1. The highest BCUT2D eigenvalue weighted by Gasteiger charge is 2.56. The molecule has 0 fully saturated rings. The maximum Gasteiger partial charge on any atom is 0.453 e. The van der Waals surface area contributed by atoms with Crippen LogP contribution in [0, 0.1) is 0 Å². The summed E-state index contributed by atoms with van der Waals surface area (Å²) >= 11 is 1.08. The summed E-state index contributed by atoms with van der Waals surface area (Å²) in [7, 11) is 0. The molecule has 0 aromatic carbocycles. The fourth-order valence-electron chi connectivity index (χ4n) is 1.49. The third-order valence-electron chi connectivity index (χ3n) is 2.63. The van der Waals surface area contributed by atoms with Crippen LogP contribution in [0.15, 0.2) is 0 Å². The number of halogens is 5. The van der Waals surface area contributed by atoms with E-state index in [0.29, 0.717) is 19.3 Å². The van der Waals surface area contributed by atoms with Gasteiger partial charge in [0.05, 0.1) is 6.61 Å². The van der Waals surface area contributed by atoms with Gasteiger partial charge in [0.1, 0.15) is 5.25 Å². The van der Waals surface area contributed by atoms with Gasteiger partial charge in [-0.05, 0) is 25.0 Å². The minimum absolute atomic E-state index is 0.0670. The van der Waals surface area contributed by atoms with Crippen molar-refractivity contribution in [3.63, 3.8) is 0 Å². The van der Waals surface area contributed by atoms with Crippen molar-refractivity contribution in [2.75, 3.05) is 12.4 Å². The molecule has 0 N–H and O–H groups in total. The van der Waals surface area contributed by atoms with E-state index in [1.165, 1.54) is 0 Å². The zero-order valence-corrected chi connectivity index (χ0v) is 13.0. The van der Waals surface area contributed by atoms with Gasteiger partial charge in [0, 0.05) is 6.42 Å². The molecule has 0 radical (unpaired) electrons. The molecule has 2 nitrogen and oxygen atoms in total. The van der Waals surface area contributed by atoms with Crippen molar-refractivity contribution in [1.82, 2.24) is 0 Å². The van der Waals surface area contributed by atoms with E-state index in [4.69, 9.17) is 4.74 Å². The molecule has 8 heteroatoms. The fraction of sp³-hybridized carbons (Fsp3) is 0.923. The van der Waals surface area contributed by atoms with Crippen molar-refractivity contribution in [1.29, 1.82) is 0 Å². The zero-order chi connectivity index (χ0) is 16.5. The Morgan fingerprint density at radius 1 is 1.14 bits per heavy atom. The van der Waals surface area contributed by atoms with Crippen LogP contribution in [0.3, 0.4) is 0 Å². The number of carbonyl (C=O) groups excluding carboxylic acids is 1. The monoisotopic (exact) mass is 336 g/mol. The molecule has 0 amide bonds. The third kappa shape index (κ3) is 7.87. The predicted molar refractivity (Wildman–Crippen MR) is 72.6 cm³/mol. The smallest absolute Gasteiger partial charge is 0.453 e. The lowest BCUT2D eigenvalue weighted by molar-refractivity contribution is -0.284. The van der Waals surface area contributed by atoms with Crippen molar-refractivity contribution in [3.8, 4) is 0 Å². The number of rotatable bonds is 10. The lowest BCUT2D eigenvalue weighted by atomic mass is 10.2. The molecule has 0 aromatic rings. The summed E-state index contributed by atoms with van der Waals surface area (Å²) in [6.07, 6.45) is -5.18. The molecule has 0 aliphatic carbocycles. The van der Waals surface area contributed by atoms with Gasteiger partial charge in [0.2, 0.25) is 0 Å². The van der Waals surface area contributed by atoms with E-state index < -0.39 is 29.7 Å². The minimum atomic E-state index is -5.51. The Morgan fingerprint density at radius 3 is 2.24 bits per heavy atom. The second kappa shape index (κ2) is 9.48.